The van der Waals surface area contributed by atoms with Gasteiger partial charge in [0.1, 0.15) is 4.83 Å². The van der Waals surface area contributed by atoms with E-state index in [0.717, 1.165) is 22.5 Å². The van der Waals surface area contributed by atoms with Crippen molar-refractivity contribution in [1.82, 2.24) is 20.4 Å². The molecular formula is C16H24N4O2S. The molecule has 2 heterocycles. The first-order valence-corrected chi connectivity index (χ1v) is 8.64. The summed E-state index contributed by atoms with van der Waals surface area (Å²) in [6, 6.07) is 1.92. The molecule has 0 aromatic carbocycles. The third-order valence-corrected chi connectivity index (χ3v) is 4.38. The molecule has 23 heavy (non-hydrogen) atoms. The van der Waals surface area contributed by atoms with Crippen LogP contribution >= 0.6 is 11.3 Å². The van der Waals surface area contributed by atoms with Crippen molar-refractivity contribution in [2.45, 2.75) is 47.2 Å². The number of carbonyl (C=O) groups excluding carboxylic acids is 2. The van der Waals surface area contributed by atoms with Gasteiger partial charge in [0.25, 0.3) is 5.91 Å². The molecule has 0 radical (unpaired) electrons. The van der Waals surface area contributed by atoms with Crippen LogP contribution in [-0.4, -0.2) is 34.2 Å². The van der Waals surface area contributed by atoms with E-state index in [1.807, 2.05) is 31.5 Å². The van der Waals surface area contributed by atoms with Crippen molar-refractivity contribution >= 4 is 33.4 Å². The van der Waals surface area contributed by atoms with Gasteiger partial charge in [0.2, 0.25) is 5.91 Å². The largest absolute Gasteiger partial charge is 0.352 e. The van der Waals surface area contributed by atoms with Crippen LogP contribution in [0.5, 0.6) is 0 Å². The fourth-order valence-corrected chi connectivity index (χ4v) is 3.40. The second-order valence-corrected chi connectivity index (χ2v) is 7.43. The molecule has 0 aliphatic carbocycles. The summed E-state index contributed by atoms with van der Waals surface area (Å²) in [5.74, 6) is 0.0776. The quantitative estimate of drug-likeness (QED) is 0.850. The topological polar surface area (TPSA) is 76.0 Å². The van der Waals surface area contributed by atoms with Gasteiger partial charge in [-0.3, -0.25) is 14.3 Å². The maximum absolute atomic E-state index is 12.2. The molecule has 2 aromatic rings. The summed E-state index contributed by atoms with van der Waals surface area (Å²) >= 11 is 1.42. The second kappa shape index (κ2) is 7.12. The van der Waals surface area contributed by atoms with Crippen LogP contribution in [0.3, 0.4) is 0 Å². The van der Waals surface area contributed by atoms with Crippen molar-refractivity contribution in [2.24, 2.45) is 5.92 Å². The molecule has 2 amide bonds. The van der Waals surface area contributed by atoms with Crippen molar-refractivity contribution < 1.29 is 9.59 Å². The lowest BCUT2D eigenvalue weighted by molar-refractivity contribution is -0.120. The third-order valence-electron chi connectivity index (χ3n) is 3.23. The van der Waals surface area contributed by atoms with Gasteiger partial charge in [-0.2, -0.15) is 5.10 Å². The Bertz CT molecular complexity index is 715. The summed E-state index contributed by atoms with van der Waals surface area (Å²) in [6.07, 6.45) is 0. The Balaban J connectivity index is 2.11. The van der Waals surface area contributed by atoms with E-state index < -0.39 is 0 Å². The van der Waals surface area contributed by atoms with Gasteiger partial charge < -0.3 is 10.6 Å². The standard InChI is InChI=1S/C16H24N4O2S/c1-9(2)8-20-16-12(11(5)19-20)6-13(23-16)15(22)17-7-14(21)18-10(3)4/h6,9-10H,7-8H2,1-5H3,(H,17,22)(H,18,21). The van der Waals surface area contributed by atoms with E-state index in [9.17, 15) is 9.59 Å². The average Bonchev–Trinajstić information content (AvgIpc) is 2.97. The van der Waals surface area contributed by atoms with Crippen molar-refractivity contribution in [3.8, 4) is 0 Å². The van der Waals surface area contributed by atoms with Crippen molar-refractivity contribution in [3.63, 3.8) is 0 Å². The highest BCUT2D eigenvalue weighted by Crippen LogP contribution is 2.28. The molecular weight excluding hydrogens is 312 g/mol. The zero-order valence-corrected chi connectivity index (χ0v) is 15.1. The zero-order valence-electron chi connectivity index (χ0n) is 14.3. The zero-order chi connectivity index (χ0) is 17.1. The van der Waals surface area contributed by atoms with Crippen LogP contribution in [0.2, 0.25) is 0 Å². The summed E-state index contributed by atoms with van der Waals surface area (Å²) < 4.78 is 1.96. The monoisotopic (exact) mass is 336 g/mol. The normalized spacial score (nSPS) is 11.4. The summed E-state index contributed by atoms with van der Waals surface area (Å²) in [4.78, 5) is 25.5. The van der Waals surface area contributed by atoms with Gasteiger partial charge in [0, 0.05) is 18.0 Å². The first-order chi connectivity index (χ1) is 10.8. The molecule has 126 valence electrons. The van der Waals surface area contributed by atoms with Crippen LogP contribution in [0.15, 0.2) is 6.07 Å². The molecule has 0 unspecified atom stereocenters. The molecule has 2 aromatic heterocycles. The molecule has 0 saturated carbocycles. The van der Waals surface area contributed by atoms with Crippen molar-refractivity contribution in [3.05, 3.63) is 16.6 Å². The second-order valence-electron chi connectivity index (χ2n) is 6.40. The number of hydrogen-bond acceptors (Lipinski definition) is 4. The molecule has 0 bridgehead atoms. The lowest BCUT2D eigenvalue weighted by Crippen LogP contribution is -2.39. The smallest absolute Gasteiger partial charge is 0.261 e. The fourth-order valence-electron chi connectivity index (χ4n) is 2.31. The minimum absolute atomic E-state index is 0.0115. The Morgan fingerprint density at radius 1 is 1.30 bits per heavy atom. The van der Waals surface area contributed by atoms with Gasteiger partial charge >= 0.3 is 0 Å². The Hall–Kier alpha value is -1.89. The van der Waals surface area contributed by atoms with Gasteiger partial charge in [-0.05, 0) is 32.8 Å². The molecule has 0 aliphatic heterocycles. The lowest BCUT2D eigenvalue weighted by atomic mass is 10.2. The summed E-state index contributed by atoms with van der Waals surface area (Å²) in [6.45, 7) is 10.8. The summed E-state index contributed by atoms with van der Waals surface area (Å²) in [5, 5.41) is 10.9. The summed E-state index contributed by atoms with van der Waals surface area (Å²) in [5.41, 5.74) is 0.925. The molecule has 2 rings (SSSR count). The van der Waals surface area contributed by atoms with Crippen LogP contribution in [0.1, 0.15) is 43.1 Å². The molecule has 0 spiro atoms. The van der Waals surface area contributed by atoms with E-state index in [0.29, 0.717) is 10.8 Å². The maximum atomic E-state index is 12.2. The molecule has 0 atom stereocenters. The van der Waals surface area contributed by atoms with Crippen molar-refractivity contribution in [2.75, 3.05) is 6.54 Å². The van der Waals surface area contributed by atoms with E-state index in [-0.39, 0.29) is 24.4 Å². The Morgan fingerprint density at radius 3 is 2.61 bits per heavy atom. The Labute approximate surface area is 140 Å². The number of thiophene rings is 1. The van der Waals surface area contributed by atoms with E-state index in [1.165, 1.54) is 11.3 Å². The number of nitrogens with one attached hydrogen (secondary N) is 2. The van der Waals surface area contributed by atoms with E-state index in [4.69, 9.17) is 0 Å². The number of aryl methyl sites for hydroxylation is 1. The minimum atomic E-state index is -0.222. The Kier molecular flexibility index (Phi) is 5.41. The minimum Gasteiger partial charge on any atom is -0.352 e. The maximum Gasteiger partial charge on any atom is 0.261 e. The molecule has 0 fully saturated rings. The number of carbonyl (C=O) groups is 2. The van der Waals surface area contributed by atoms with Gasteiger partial charge in [-0.1, -0.05) is 13.8 Å². The van der Waals surface area contributed by atoms with Gasteiger partial charge in [0.05, 0.1) is 17.1 Å². The predicted octanol–water partition coefficient (Wildman–Crippen LogP) is 2.32. The Morgan fingerprint density at radius 2 is 2.00 bits per heavy atom. The number of fused-ring (bicyclic) bond motifs is 1. The summed E-state index contributed by atoms with van der Waals surface area (Å²) in [7, 11) is 0. The van der Waals surface area contributed by atoms with Crippen LogP contribution in [-0.2, 0) is 11.3 Å². The number of nitrogens with zero attached hydrogens (tertiary/aromatic N) is 2. The third kappa shape index (κ3) is 4.31. The van der Waals surface area contributed by atoms with Gasteiger partial charge in [-0.25, -0.2) is 0 Å². The predicted molar refractivity (Wildman–Crippen MR) is 92.8 cm³/mol. The molecule has 7 heteroatoms. The first-order valence-electron chi connectivity index (χ1n) is 7.82. The van der Waals surface area contributed by atoms with Crippen LogP contribution in [0, 0.1) is 12.8 Å². The van der Waals surface area contributed by atoms with E-state index >= 15 is 0 Å². The van der Waals surface area contributed by atoms with Gasteiger partial charge in [0.15, 0.2) is 0 Å². The molecule has 0 saturated heterocycles. The SMILES string of the molecule is Cc1nn(CC(C)C)c2sc(C(=O)NCC(=O)NC(C)C)cc12. The van der Waals surface area contributed by atoms with E-state index in [1.54, 1.807) is 0 Å². The first kappa shape index (κ1) is 17.5. The van der Waals surface area contributed by atoms with Crippen LogP contribution in [0.4, 0.5) is 0 Å². The fraction of sp³-hybridized carbons (Fsp3) is 0.562. The molecule has 0 aliphatic rings. The van der Waals surface area contributed by atoms with E-state index in [2.05, 4.69) is 29.6 Å². The lowest BCUT2D eigenvalue weighted by Gasteiger charge is -2.08. The number of hydrogen-bond donors (Lipinski definition) is 2. The van der Waals surface area contributed by atoms with Crippen LogP contribution in [0.25, 0.3) is 10.2 Å². The molecule has 2 N–H and O–H groups in total. The average molecular weight is 336 g/mol. The van der Waals surface area contributed by atoms with Crippen LogP contribution < -0.4 is 10.6 Å². The molecule has 6 nitrogen and oxygen atoms in total. The number of amides is 2. The highest BCUT2D eigenvalue weighted by molar-refractivity contribution is 7.20. The highest BCUT2D eigenvalue weighted by Gasteiger charge is 2.17. The number of aromatic nitrogens is 2. The highest BCUT2D eigenvalue weighted by atomic mass is 32.1. The number of rotatable bonds is 6. The van der Waals surface area contributed by atoms with Gasteiger partial charge in [-0.15, -0.1) is 11.3 Å². The van der Waals surface area contributed by atoms with Crippen molar-refractivity contribution in [1.29, 1.82) is 0 Å².